The molecule has 0 saturated heterocycles. The average Bonchev–Trinajstić information content (AvgIpc) is 2.71. The minimum atomic E-state index is -0.0847. The smallest absolute Gasteiger partial charge is 0.123 e. The van der Waals surface area contributed by atoms with Gasteiger partial charge in [0, 0.05) is 36.3 Å². The summed E-state index contributed by atoms with van der Waals surface area (Å²) in [5, 5.41) is 29.0. The fourth-order valence-electron chi connectivity index (χ4n) is 4.78. The van der Waals surface area contributed by atoms with E-state index >= 15 is 0 Å². The van der Waals surface area contributed by atoms with Crippen LogP contribution in [0.2, 0.25) is 0 Å². The van der Waals surface area contributed by atoms with Gasteiger partial charge in [0.15, 0.2) is 0 Å². The molecular weight excluding hydrogens is 396 g/mol. The summed E-state index contributed by atoms with van der Waals surface area (Å²) in [4.78, 5) is 0. The Morgan fingerprint density at radius 3 is 1.41 bits per heavy atom. The first-order chi connectivity index (χ1) is 15.0. The van der Waals surface area contributed by atoms with Crippen LogP contribution in [0, 0.1) is 0 Å². The van der Waals surface area contributed by atoms with Crippen molar-refractivity contribution < 1.29 is 10.2 Å². The summed E-state index contributed by atoms with van der Waals surface area (Å²) in [6, 6.07) is 12.8. The summed E-state index contributed by atoms with van der Waals surface area (Å²) >= 11 is 0. The van der Waals surface area contributed by atoms with Gasteiger partial charge in [-0.2, -0.15) is 0 Å². The Morgan fingerprint density at radius 1 is 0.688 bits per heavy atom. The number of hydrogen-bond acceptors (Lipinski definition) is 4. The molecule has 2 atom stereocenters. The molecule has 0 aliphatic heterocycles. The summed E-state index contributed by atoms with van der Waals surface area (Å²) in [5.41, 5.74) is 3.72. The Kier molecular flexibility index (Phi) is 7.57. The predicted molar refractivity (Wildman–Crippen MR) is 133 cm³/mol. The highest BCUT2D eigenvalue weighted by atomic mass is 16.3. The maximum Gasteiger partial charge on any atom is 0.123 e. The molecule has 0 radical (unpaired) electrons. The topological polar surface area (TPSA) is 64.5 Å². The Bertz CT molecular complexity index is 833. The fraction of sp³-hybridized carbons (Fsp3) is 0.571. The van der Waals surface area contributed by atoms with Gasteiger partial charge < -0.3 is 20.8 Å². The highest BCUT2D eigenvalue weighted by Gasteiger charge is 2.26. The molecule has 2 unspecified atom stereocenters. The Labute approximate surface area is 194 Å². The van der Waals surface area contributed by atoms with Gasteiger partial charge in [-0.1, -0.05) is 90.8 Å². The van der Waals surface area contributed by atoms with E-state index in [1.165, 1.54) is 12.8 Å². The van der Waals surface area contributed by atoms with Gasteiger partial charge in [0.05, 0.1) is 0 Å². The lowest BCUT2D eigenvalue weighted by atomic mass is 9.85. The van der Waals surface area contributed by atoms with E-state index in [2.05, 4.69) is 52.2 Å². The molecule has 0 spiro atoms. The molecule has 0 aromatic heterocycles. The second kappa shape index (κ2) is 9.84. The zero-order chi connectivity index (χ0) is 23.5. The van der Waals surface area contributed by atoms with Gasteiger partial charge in [-0.25, -0.2) is 0 Å². The van der Waals surface area contributed by atoms with Crippen molar-refractivity contribution in [1.82, 2.24) is 10.6 Å². The summed E-state index contributed by atoms with van der Waals surface area (Å²) in [5.74, 6) is 0.827. The molecule has 4 heteroatoms. The van der Waals surface area contributed by atoms with Crippen molar-refractivity contribution in [2.75, 3.05) is 0 Å². The molecule has 1 saturated carbocycles. The number of aromatic hydroxyl groups is 2. The van der Waals surface area contributed by atoms with Crippen molar-refractivity contribution in [1.29, 1.82) is 0 Å². The minimum absolute atomic E-state index is 0.0847. The van der Waals surface area contributed by atoms with Crippen LogP contribution in [-0.2, 0) is 23.9 Å². The Morgan fingerprint density at radius 2 is 1.06 bits per heavy atom. The van der Waals surface area contributed by atoms with E-state index in [0.717, 1.165) is 35.1 Å². The van der Waals surface area contributed by atoms with Crippen LogP contribution in [0.3, 0.4) is 0 Å². The number of rotatable bonds is 6. The number of benzene rings is 2. The summed E-state index contributed by atoms with van der Waals surface area (Å²) in [6.07, 6.45) is 4.67. The van der Waals surface area contributed by atoms with E-state index < -0.39 is 0 Å². The van der Waals surface area contributed by atoms with E-state index in [1.54, 1.807) is 0 Å². The molecule has 1 aliphatic rings. The van der Waals surface area contributed by atoms with Crippen molar-refractivity contribution in [2.45, 2.75) is 103 Å². The lowest BCUT2D eigenvalue weighted by molar-refractivity contribution is 0.279. The number of phenolic OH excluding ortho intramolecular Hbond substituents is 2. The van der Waals surface area contributed by atoms with Crippen LogP contribution in [-0.4, -0.2) is 22.3 Å². The Balaban J connectivity index is 1.67. The highest BCUT2D eigenvalue weighted by Crippen LogP contribution is 2.34. The van der Waals surface area contributed by atoms with Crippen molar-refractivity contribution >= 4 is 0 Å². The van der Waals surface area contributed by atoms with Crippen molar-refractivity contribution in [2.24, 2.45) is 0 Å². The monoisotopic (exact) mass is 438 g/mol. The molecular formula is C28H42N2O2. The van der Waals surface area contributed by atoms with Crippen LogP contribution in [0.1, 0.15) is 89.5 Å². The zero-order valence-corrected chi connectivity index (χ0v) is 20.8. The second-order valence-corrected chi connectivity index (χ2v) is 11.4. The van der Waals surface area contributed by atoms with Gasteiger partial charge in [-0.15, -0.1) is 0 Å². The first kappa shape index (κ1) is 24.6. The third-order valence-electron chi connectivity index (χ3n) is 6.73. The van der Waals surface area contributed by atoms with Gasteiger partial charge >= 0.3 is 0 Å². The molecule has 0 amide bonds. The van der Waals surface area contributed by atoms with Crippen LogP contribution >= 0.6 is 0 Å². The molecule has 176 valence electrons. The standard InChI is InChI=1S/C28H42N2O2/c1-27(2,3)21-13-9-11-19(25(21)31)17-29-23-15-7-8-16-24(23)30-18-20-12-10-14-22(26(20)32)28(4,5)6/h9-14,23-24,29-32H,7-8,15-18H2,1-6H3. The van der Waals surface area contributed by atoms with E-state index in [0.29, 0.717) is 36.7 Å². The summed E-state index contributed by atoms with van der Waals surface area (Å²) in [7, 11) is 0. The first-order valence-electron chi connectivity index (χ1n) is 12.1. The molecule has 2 aromatic carbocycles. The predicted octanol–water partition coefficient (Wildman–Crippen LogP) is 5.88. The molecule has 4 nitrogen and oxygen atoms in total. The zero-order valence-electron chi connectivity index (χ0n) is 20.8. The lowest BCUT2D eigenvalue weighted by Gasteiger charge is -2.34. The van der Waals surface area contributed by atoms with Crippen molar-refractivity contribution in [3.8, 4) is 11.5 Å². The van der Waals surface area contributed by atoms with Gasteiger partial charge in [0.2, 0.25) is 0 Å². The minimum Gasteiger partial charge on any atom is -0.507 e. The maximum atomic E-state index is 10.8. The SMILES string of the molecule is CC(C)(C)c1cccc(CNC2CCCCC2NCc2cccc(C(C)(C)C)c2O)c1O. The first-order valence-corrected chi connectivity index (χ1v) is 12.1. The van der Waals surface area contributed by atoms with Crippen LogP contribution in [0.15, 0.2) is 36.4 Å². The van der Waals surface area contributed by atoms with Crippen molar-refractivity contribution in [3.63, 3.8) is 0 Å². The second-order valence-electron chi connectivity index (χ2n) is 11.4. The van der Waals surface area contributed by atoms with Crippen molar-refractivity contribution in [3.05, 3.63) is 58.7 Å². The molecule has 1 aliphatic carbocycles. The van der Waals surface area contributed by atoms with Gasteiger partial charge in [0.25, 0.3) is 0 Å². The molecule has 0 bridgehead atoms. The van der Waals surface area contributed by atoms with Gasteiger partial charge in [0.1, 0.15) is 11.5 Å². The van der Waals surface area contributed by atoms with E-state index in [9.17, 15) is 10.2 Å². The van der Waals surface area contributed by atoms with E-state index in [-0.39, 0.29) is 10.8 Å². The average molecular weight is 439 g/mol. The van der Waals surface area contributed by atoms with Crippen LogP contribution < -0.4 is 10.6 Å². The number of para-hydroxylation sites is 2. The number of phenols is 2. The van der Waals surface area contributed by atoms with E-state index in [1.807, 2.05) is 36.4 Å². The lowest BCUT2D eigenvalue weighted by Crippen LogP contribution is -2.49. The summed E-state index contributed by atoms with van der Waals surface area (Å²) in [6.45, 7) is 14.1. The third-order valence-corrected chi connectivity index (χ3v) is 6.73. The largest absolute Gasteiger partial charge is 0.507 e. The molecule has 0 heterocycles. The molecule has 1 fully saturated rings. The maximum absolute atomic E-state index is 10.8. The summed E-state index contributed by atoms with van der Waals surface area (Å²) < 4.78 is 0. The Hall–Kier alpha value is -2.04. The van der Waals surface area contributed by atoms with Gasteiger partial charge in [-0.3, -0.25) is 0 Å². The van der Waals surface area contributed by atoms with E-state index in [4.69, 9.17) is 0 Å². The molecule has 3 rings (SSSR count). The molecule has 4 N–H and O–H groups in total. The highest BCUT2D eigenvalue weighted by molar-refractivity contribution is 5.45. The van der Waals surface area contributed by atoms with Crippen LogP contribution in [0.5, 0.6) is 11.5 Å². The number of hydrogen-bond donors (Lipinski definition) is 4. The number of nitrogens with one attached hydrogen (secondary N) is 2. The van der Waals surface area contributed by atoms with Crippen LogP contribution in [0.25, 0.3) is 0 Å². The molecule has 32 heavy (non-hydrogen) atoms. The fourth-order valence-corrected chi connectivity index (χ4v) is 4.78. The van der Waals surface area contributed by atoms with Gasteiger partial charge in [-0.05, 0) is 34.8 Å². The van der Waals surface area contributed by atoms with Crippen LogP contribution in [0.4, 0.5) is 0 Å². The third kappa shape index (κ3) is 5.85. The quantitative estimate of drug-likeness (QED) is 0.454. The normalized spacial score (nSPS) is 19.8. The molecule has 2 aromatic rings.